The number of aromatic nitrogens is 2. The van der Waals surface area contributed by atoms with E-state index >= 15 is 0 Å². The van der Waals surface area contributed by atoms with Crippen LogP contribution < -0.4 is 5.32 Å². The maximum absolute atomic E-state index is 12.0. The minimum Gasteiger partial charge on any atom is -0.391 e. The van der Waals surface area contributed by atoms with Gasteiger partial charge in [0.05, 0.1) is 18.4 Å². The zero-order chi connectivity index (χ0) is 17.2. The number of aliphatic hydroxyl groups excluding tert-OH is 1. The fourth-order valence-corrected chi connectivity index (χ4v) is 3.69. The number of hydrogen-bond donors (Lipinski definition) is 2. The van der Waals surface area contributed by atoms with E-state index in [9.17, 15) is 18.3 Å². The minimum absolute atomic E-state index is 0.0894. The molecule has 0 radical (unpaired) electrons. The minimum atomic E-state index is -3.38. The molecule has 0 aromatic carbocycles. The van der Waals surface area contributed by atoms with Gasteiger partial charge in [-0.05, 0) is 0 Å². The van der Waals surface area contributed by atoms with Crippen molar-refractivity contribution in [3.63, 3.8) is 0 Å². The zero-order valence-electron chi connectivity index (χ0n) is 13.5. The van der Waals surface area contributed by atoms with Crippen molar-refractivity contribution in [2.75, 3.05) is 44.8 Å². The van der Waals surface area contributed by atoms with Crippen LogP contribution in [0.4, 0.5) is 5.82 Å². The van der Waals surface area contributed by atoms with E-state index in [0.717, 1.165) is 4.31 Å². The van der Waals surface area contributed by atoms with E-state index in [1.807, 2.05) is 0 Å². The summed E-state index contributed by atoms with van der Waals surface area (Å²) in [6, 6.07) is 1.68. The Kier molecular flexibility index (Phi) is 5.40. The SMILES string of the molecule is CN(C)S(=O)(=O)C[C@@H]1CN(CC(=O)Nc2ccn(C)n2)C[C@H]1O. The number of likely N-dealkylation sites (tertiary alicyclic amines) is 1. The molecule has 1 amide bonds. The standard InChI is InChI=1S/C13H23N5O4S/c1-16(2)23(21,22)9-10-6-18(7-11(10)19)8-13(20)14-12-4-5-17(3)15-12/h4-5,10-11,19H,6-9H2,1-3H3,(H,14,15,20)/t10-,11+/m0/s1. The Hall–Kier alpha value is -1.49. The van der Waals surface area contributed by atoms with Gasteiger partial charge in [0.25, 0.3) is 0 Å². The van der Waals surface area contributed by atoms with Gasteiger partial charge in [-0.25, -0.2) is 12.7 Å². The first-order valence-electron chi connectivity index (χ1n) is 7.27. The number of rotatable bonds is 6. The summed E-state index contributed by atoms with van der Waals surface area (Å²) in [5, 5.41) is 16.8. The summed E-state index contributed by atoms with van der Waals surface area (Å²) >= 11 is 0. The third kappa shape index (κ3) is 4.74. The van der Waals surface area contributed by atoms with Gasteiger partial charge in [-0.3, -0.25) is 14.4 Å². The molecule has 2 heterocycles. The molecule has 1 aromatic rings. The molecule has 0 aliphatic carbocycles. The molecule has 2 atom stereocenters. The maximum Gasteiger partial charge on any atom is 0.239 e. The Morgan fingerprint density at radius 1 is 1.48 bits per heavy atom. The molecule has 2 N–H and O–H groups in total. The van der Waals surface area contributed by atoms with E-state index in [0.29, 0.717) is 12.4 Å². The lowest BCUT2D eigenvalue weighted by molar-refractivity contribution is -0.117. The molecule has 9 nitrogen and oxygen atoms in total. The fraction of sp³-hybridized carbons (Fsp3) is 0.692. The Labute approximate surface area is 135 Å². The summed E-state index contributed by atoms with van der Waals surface area (Å²) in [4.78, 5) is 13.7. The van der Waals surface area contributed by atoms with E-state index in [2.05, 4.69) is 10.4 Å². The normalized spacial score (nSPS) is 22.7. The molecule has 0 saturated carbocycles. The smallest absolute Gasteiger partial charge is 0.239 e. The first kappa shape index (κ1) is 17.9. The number of carbonyl (C=O) groups excluding carboxylic acids is 1. The topological polar surface area (TPSA) is 108 Å². The third-order valence-corrected chi connectivity index (χ3v) is 5.77. The van der Waals surface area contributed by atoms with Crippen LogP contribution in [0.3, 0.4) is 0 Å². The van der Waals surface area contributed by atoms with Crippen molar-refractivity contribution < 1.29 is 18.3 Å². The fourth-order valence-electron chi connectivity index (χ4n) is 2.52. The second kappa shape index (κ2) is 6.95. The molecular formula is C13H23N5O4S. The molecule has 1 aliphatic heterocycles. The van der Waals surface area contributed by atoms with E-state index in [4.69, 9.17) is 0 Å². The number of amides is 1. The molecule has 10 heteroatoms. The van der Waals surface area contributed by atoms with Crippen LogP contribution in [0.25, 0.3) is 0 Å². The molecule has 23 heavy (non-hydrogen) atoms. The van der Waals surface area contributed by atoms with Gasteiger partial charge >= 0.3 is 0 Å². The Morgan fingerprint density at radius 3 is 2.74 bits per heavy atom. The van der Waals surface area contributed by atoms with Gasteiger partial charge in [-0.2, -0.15) is 5.10 Å². The largest absolute Gasteiger partial charge is 0.391 e. The van der Waals surface area contributed by atoms with Gasteiger partial charge in [0, 0.05) is 52.4 Å². The zero-order valence-corrected chi connectivity index (χ0v) is 14.3. The average molecular weight is 345 g/mol. The number of nitrogens with one attached hydrogen (secondary N) is 1. The number of carbonyl (C=O) groups is 1. The number of β-amino-alcohol motifs (C(OH)–C–C–N with tert-alkyl or cyclic N) is 1. The van der Waals surface area contributed by atoms with E-state index in [-0.39, 0.29) is 24.7 Å². The summed E-state index contributed by atoms with van der Waals surface area (Å²) in [7, 11) is 1.31. The van der Waals surface area contributed by atoms with Crippen molar-refractivity contribution in [1.82, 2.24) is 19.0 Å². The van der Waals surface area contributed by atoms with Crippen molar-refractivity contribution in [1.29, 1.82) is 0 Å². The molecule has 1 fully saturated rings. The molecule has 1 aliphatic rings. The highest BCUT2D eigenvalue weighted by Gasteiger charge is 2.35. The van der Waals surface area contributed by atoms with Gasteiger partial charge in [0.2, 0.25) is 15.9 Å². The molecular weight excluding hydrogens is 322 g/mol. The molecule has 0 unspecified atom stereocenters. The predicted molar refractivity (Wildman–Crippen MR) is 85.2 cm³/mol. The van der Waals surface area contributed by atoms with E-state index in [1.54, 1.807) is 28.9 Å². The van der Waals surface area contributed by atoms with Gasteiger partial charge < -0.3 is 10.4 Å². The maximum atomic E-state index is 12.0. The summed E-state index contributed by atoms with van der Waals surface area (Å²) in [5.74, 6) is -0.305. The highest BCUT2D eigenvalue weighted by atomic mass is 32.2. The average Bonchev–Trinajstić information content (AvgIpc) is 2.95. The quantitative estimate of drug-likeness (QED) is 0.653. The second-order valence-electron chi connectivity index (χ2n) is 6.01. The van der Waals surface area contributed by atoms with Crippen LogP contribution in [-0.4, -0.2) is 84.0 Å². The van der Waals surface area contributed by atoms with Crippen molar-refractivity contribution in [2.24, 2.45) is 13.0 Å². The molecule has 1 aromatic heterocycles. The third-order valence-electron chi connectivity index (χ3n) is 3.81. The van der Waals surface area contributed by atoms with Crippen LogP contribution in [0.5, 0.6) is 0 Å². The summed E-state index contributed by atoms with van der Waals surface area (Å²) in [6.07, 6.45) is 0.963. The van der Waals surface area contributed by atoms with Crippen LogP contribution in [0.1, 0.15) is 0 Å². The van der Waals surface area contributed by atoms with Gasteiger partial charge in [-0.1, -0.05) is 0 Å². The van der Waals surface area contributed by atoms with Crippen LogP contribution in [-0.2, 0) is 21.9 Å². The Balaban J connectivity index is 1.87. The lowest BCUT2D eigenvalue weighted by Gasteiger charge is -2.17. The molecule has 1 saturated heterocycles. The highest BCUT2D eigenvalue weighted by molar-refractivity contribution is 7.89. The lowest BCUT2D eigenvalue weighted by Crippen LogP contribution is -2.34. The van der Waals surface area contributed by atoms with Crippen molar-refractivity contribution in [2.45, 2.75) is 6.10 Å². The first-order chi connectivity index (χ1) is 10.7. The number of aliphatic hydroxyl groups is 1. The van der Waals surface area contributed by atoms with Crippen molar-refractivity contribution in [3.05, 3.63) is 12.3 Å². The van der Waals surface area contributed by atoms with Crippen molar-refractivity contribution >= 4 is 21.7 Å². The van der Waals surface area contributed by atoms with Crippen LogP contribution in [0.2, 0.25) is 0 Å². The Morgan fingerprint density at radius 2 is 2.17 bits per heavy atom. The molecule has 2 rings (SSSR count). The summed E-state index contributed by atoms with van der Waals surface area (Å²) < 4.78 is 26.6. The Bertz CT molecular complexity index is 657. The van der Waals surface area contributed by atoms with Gasteiger partial charge in [0.15, 0.2) is 5.82 Å². The molecule has 0 bridgehead atoms. The van der Waals surface area contributed by atoms with Crippen LogP contribution >= 0.6 is 0 Å². The van der Waals surface area contributed by atoms with Crippen molar-refractivity contribution in [3.8, 4) is 0 Å². The van der Waals surface area contributed by atoms with E-state index < -0.39 is 22.0 Å². The lowest BCUT2D eigenvalue weighted by atomic mass is 10.1. The highest BCUT2D eigenvalue weighted by Crippen LogP contribution is 2.19. The van der Waals surface area contributed by atoms with E-state index in [1.165, 1.54) is 14.1 Å². The second-order valence-corrected chi connectivity index (χ2v) is 8.23. The molecule has 0 spiro atoms. The first-order valence-corrected chi connectivity index (χ1v) is 8.88. The number of nitrogens with zero attached hydrogens (tertiary/aromatic N) is 4. The number of anilines is 1. The van der Waals surface area contributed by atoms with Gasteiger partial charge in [-0.15, -0.1) is 0 Å². The number of sulfonamides is 1. The van der Waals surface area contributed by atoms with Gasteiger partial charge in [0.1, 0.15) is 0 Å². The number of hydrogen-bond acceptors (Lipinski definition) is 6. The van der Waals surface area contributed by atoms with Crippen LogP contribution in [0, 0.1) is 5.92 Å². The summed E-state index contributed by atoms with van der Waals surface area (Å²) in [5.41, 5.74) is 0. The van der Waals surface area contributed by atoms with Crippen LogP contribution in [0.15, 0.2) is 12.3 Å². The monoisotopic (exact) mass is 345 g/mol. The molecule has 130 valence electrons. The summed E-state index contributed by atoms with van der Waals surface area (Å²) in [6.45, 7) is 0.735. The number of aryl methyl sites for hydroxylation is 1. The predicted octanol–water partition coefficient (Wildman–Crippen LogP) is -1.46.